The predicted octanol–water partition coefficient (Wildman–Crippen LogP) is 3.27. The van der Waals surface area contributed by atoms with Gasteiger partial charge in [0.1, 0.15) is 0 Å². The first-order chi connectivity index (χ1) is 11.8. The maximum atomic E-state index is 12.5. The van der Waals surface area contributed by atoms with Crippen molar-refractivity contribution in [1.82, 2.24) is 10.2 Å². The Labute approximate surface area is 143 Å². The highest BCUT2D eigenvalue weighted by atomic mass is 16.3. The molecular weight excluding hydrogens is 300 g/mol. The third kappa shape index (κ3) is 4.15. The van der Waals surface area contributed by atoms with Crippen molar-refractivity contribution < 1.29 is 9.90 Å². The van der Waals surface area contributed by atoms with Crippen LogP contribution in [0.2, 0.25) is 0 Å². The second-order valence-electron chi connectivity index (χ2n) is 6.33. The zero-order valence-corrected chi connectivity index (χ0v) is 13.8. The van der Waals surface area contributed by atoms with Crippen LogP contribution in [0.1, 0.15) is 35.4 Å². The molecule has 0 aliphatic carbocycles. The first kappa shape index (κ1) is 16.5. The van der Waals surface area contributed by atoms with Crippen LogP contribution in [0.4, 0.5) is 4.79 Å². The molecule has 24 heavy (non-hydrogen) atoms. The number of benzene rings is 2. The van der Waals surface area contributed by atoms with E-state index in [2.05, 4.69) is 29.6 Å². The van der Waals surface area contributed by atoms with Crippen molar-refractivity contribution in [2.75, 3.05) is 13.1 Å². The number of hydrogen-bond acceptors (Lipinski definition) is 2. The lowest BCUT2D eigenvalue weighted by atomic mass is 9.91. The average Bonchev–Trinajstić information content (AvgIpc) is 2.67. The molecule has 3 rings (SSSR count). The summed E-state index contributed by atoms with van der Waals surface area (Å²) in [7, 11) is 0. The summed E-state index contributed by atoms with van der Waals surface area (Å²) >= 11 is 0. The first-order valence-corrected chi connectivity index (χ1v) is 8.52. The van der Waals surface area contributed by atoms with E-state index in [1.54, 1.807) is 0 Å². The predicted molar refractivity (Wildman–Crippen MR) is 94.6 cm³/mol. The Balaban J connectivity index is 1.56. The lowest BCUT2D eigenvalue weighted by Crippen LogP contribution is -2.44. The molecule has 1 fully saturated rings. The van der Waals surface area contributed by atoms with Crippen LogP contribution in [0.5, 0.6) is 0 Å². The Kier molecular flexibility index (Phi) is 5.49. The first-order valence-electron chi connectivity index (χ1n) is 8.52. The van der Waals surface area contributed by atoms with E-state index in [1.165, 1.54) is 5.56 Å². The van der Waals surface area contributed by atoms with Crippen LogP contribution < -0.4 is 5.32 Å². The number of aliphatic hydroxyl groups excluding tert-OH is 1. The fourth-order valence-electron chi connectivity index (χ4n) is 3.29. The van der Waals surface area contributed by atoms with Gasteiger partial charge in [-0.25, -0.2) is 4.79 Å². The number of likely N-dealkylation sites (tertiary alicyclic amines) is 1. The highest BCUT2D eigenvalue weighted by molar-refractivity contribution is 5.74. The van der Waals surface area contributed by atoms with E-state index >= 15 is 0 Å². The lowest BCUT2D eigenvalue weighted by molar-refractivity contribution is 0.179. The molecule has 0 spiro atoms. The summed E-state index contributed by atoms with van der Waals surface area (Å²) in [4.78, 5) is 14.4. The normalized spacial score (nSPS) is 17.5. The second-order valence-corrected chi connectivity index (χ2v) is 6.33. The highest BCUT2D eigenvalue weighted by Crippen LogP contribution is 2.26. The van der Waals surface area contributed by atoms with Gasteiger partial charge in [-0.15, -0.1) is 0 Å². The van der Waals surface area contributed by atoms with Crippen molar-refractivity contribution in [1.29, 1.82) is 0 Å². The number of nitrogens with zero attached hydrogens (tertiary/aromatic N) is 1. The molecule has 4 nitrogen and oxygen atoms in total. The fourth-order valence-corrected chi connectivity index (χ4v) is 3.29. The quantitative estimate of drug-likeness (QED) is 0.907. The molecule has 1 saturated heterocycles. The molecular formula is C20H24N2O2. The molecule has 2 aromatic carbocycles. The zero-order valence-electron chi connectivity index (χ0n) is 13.8. The number of nitrogens with one attached hydrogen (secondary N) is 1. The Morgan fingerprint density at radius 3 is 2.71 bits per heavy atom. The van der Waals surface area contributed by atoms with Crippen LogP contribution in [0.25, 0.3) is 0 Å². The Morgan fingerprint density at radius 2 is 1.92 bits per heavy atom. The number of amides is 2. The van der Waals surface area contributed by atoms with Gasteiger partial charge in [-0.1, -0.05) is 54.6 Å². The van der Waals surface area contributed by atoms with Crippen molar-refractivity contribution in [3.63, 3.8) is 0 Å². The molecule has 1 atom stereocenters. The van der Waals surface area contributed by atoms with Gasteiger partial charge in [0.25, 0.3) is 0 Å². The topological polar surface area (TPSA) is 52.6 Å². The molecule has 1 aliphatic heterocycles. The smallest absolute Gasteiger partial charge is 0.317 e. The molecule has 2 aromatic rings. The number of aliphatic hydroxyl groups is 1. The van der Waals surface area contributed by atoms with Crippen LogP contribution >= 0.6 is 0 Å². The maximum Gasteiger partial charge on any atom is 0.317 e. The van der Waals surface area contributed by atoms with E-state index in [4.69, 9.17) is 0 Å². The van der Waals surface area contributed by atoms with Gasteiger partial charge in [-0.2, -0.15) is 0 Å². The van der Waals surface area contributed by atoms with Gasteiger partial charge in [-0.3, -0.25) is 0 Å². The van der Waals surface area contributed by atoms with Crippen molar-refractivity contribution in [2.24, 2.45) is 0 Å². The van der Waals surface area contributed by atoms with Crippen molar-refractivity contribution in [3.05, 3.63) is 71.3 Å². The molecule has 0 radical (unpaired) electrons. The number of carbonyl (C=O) groups is 1. The molecule has 1 aliphatic rings. The van der Waals surface area contributed by atoms with Crippen molar-refractivity contribution >= 4 is 6.03 Å². The summed E-state index contributed by atoms with van der Waals surface area (Å²) in [5.74, 6) is 0.420. The number of urea groups is 1. The summed E-state index contributed by atoms with van der Waals surface area (Å²) < 4.78 is 0. The number of rotatable bonds is 4. The van der Waals surface area contributed by atoms with Crippen LogP contribution in [0.3, 0.4) is 0 Å². The van der Waals surface area contributed by atoms with E-state index in [0.717, 1.165) is 37.1 Å². The largest absolute Gasteiger partial charge is 0.392 e. The van der Waals surface area contributed by atoms with E-state index in [0.29, 0.717) is 12.5 Å². The van der Waals surface area contributed by atoms with E-state index < -0.39 is 0 Å². The van der Waals surface area contributed by atoms with E-state index in [9.17, 15) is 9.90 Å². The van der Waals surface area contributed by atoms with Crippen LogP contribution in [-0.4, -0.2) is 29.1 Å². The third-order valence-electron chi connectivity index (χ3n) is 4.60. The molecule has 0 saturated carbocycles. The number of piperidine rings is 1. The number of hydrogen-bond donors (Lipinski definition) is 2. The van der Waals surface area contributed by atoms with Crippen molar-refractivity contribution in [2.45, 2.75) is 31.9 Å². The molecule has 0 unspecified atom stereocenters. The Morgan fingerprint density at radius 1 is 1.12 bits per heavy atom. The molecule has 4 heteroatoms. The summed E-state index contributed by atoms with van der Waals surface area (Å²) in [6, 6.07) is 18.1. The van der Waals surface area contributed by atoms with Gasteiger partial charge in [0.05, 0.1) is 6.61 Å². The molecule has 1 heterocycles. The van der Waals surface area contributed by atoms with Gasteiger partial charge in [0, 0.05) is 25.6 Å². The van der Waals surface area contributed by atoms with Crippen molar-refractivity contribution in [3.8, 4) is 0 Å². The molecule has 0 bridgehead atoms. The van der Waals surface area contributed by atoms with Crippen LogP contribution in [0.15, 0.2) is 54.6 Å². The third-order valence-corrected chi connectivity index (χ3v) is 4.60. The van der Waals surface area contributed by atoms with E-state index in [-0.39, 0.29) is 12.6 Å². The summed E-state index contributed by atoms with van der Waals surface area (Å²) in [6.07, 6.45) is 2.17. The Hall–Kier alpha value is -2.33. The van der Waals surface area contributed by atoms with Gasteiger partial charge in [0.15, 0.2) is 0 Å². The van der Waals surface area contributed by atoms with Gasteiger partial charge in [0.2, 0.25) is 0 Å². The monoisotopic (exact) mass is 324 g/mol. The lowest BCUT2D eigenvalue weighted by Gasteiger charge is -2.33. The van der Waals surface area contributed by atoms with Gasteiger partial charge in [-0.05, 0) is 29.5 Å². The van der Waals surface area contributed by atoms with Gasteiger partial charge >= 0.3 is 6.03 Å². The minimum absolute atomic E-state index is 0.00923. The molecule has 2 amide bonds. The number of carbonyl (C=O) groups excluding carboxylic acids is 1. The fraction of sp³-hybridized carbons (Fsp3) is 0.350. The standard InChI is InChI=1S/C20H24N2O2/c23-15-17-7-4-6-16(12-17)13-21-20(24)22-11-5-10-19(14-22)18-8-2-1-3-9-18/h1-4,6-9,12,19,23H,5,10-11,13-15H2,(H,21,24)/t19-/m0/s1. The molecule has 2 N–H and O–H groups in total. The highest BCUT2D eigenvalue weighted by Gasteiger charge is 2.24. The second kappa shape index (κ2) is 7.97. The zero-order chi connectivity index (χ0) is 16.8. The SMILES string of the molecule is O=C(NCc1cccc(CO)c1)N1CCC[C@H](c2ccccc2)C1. The van der Waals surface area contributed by atoms with Gasteiger partial charge < -0.3 is 15.3 Å². The Bertz CT molecular complexity index is 672. The molecule has 0 aromatic heterocycles. The van der Waals surface area contributed by atoms with Crippen LogP contribution in [0, 0.1) is 0 Å². The minimum Gasteiger partial charge on any atom is -0.392 e. The minimum atomic E-state index is -0.00923. The molecule has 126 valence electrons. The summed E-state index contributed by atoms with van der Waals surface area (Å²) in [6.45, 7) is 2.09. The van der Waals surface area contributed by atoms with Crippen LogP contribution in [-0.2, 0) is 13.2 Å². The summed E-state index contributed by atoms with van der Waals surface area (Å²) in [5.41, 5.74) is 3.18. The summed E-state index contributed by atoms with van der Waals surface area (Å²) in [5, 5.41) is 12.2. The maximum absolute atomic E-state index is 12.5. The van der Waals surface area contributed by atoms with E-state index in [1.807, 2.05) is 35.2 Å². The average molecular weight is 324 g/mol.